The molecule has 0 radical (unpaired) electrons. The minimum atomic E-state index is 0.730. The van der Waals surface area contributed by atoms with E-state index in [2.05, 4.69) is 18.9 Å². The highest BCUT2D eigenvalue weighted by atomic mass is 16.5. The van der Waals surface area contributed by atoms with Crippen molar-refractivity contribution < 1.29 is 4.74 Å². The van der Waals surface area contributed by atoms with E-state index < -0.39 is 0 Å². The standard InChI is InChI=1S/C17H28N2O/c1-3-14-7-9-16(10-8-14)19(2)11-12-20-17-6-4-5-15(18)13-17/h4-6,13-14,16H,3,7-12,18H2,1-2H3. The molecule has 0 heterocycles. The monoisotopic (exact) mass is 276 g/mol. The van der Waals surface area contributed by atoms with E-state index in [0.29, 0.717) is 0 Å². The molecule has 1 aromatic carbocycles. The first-order valence-corrected chi connectivity index (χ1v) is 7.87. The second-order valence-electron chi connectivity index (χ2n) is 5.98. The van der Waals surface area contributed by atoms with Crippen LogP contribution < -0.4 is 10.5 Å². The molecule has 0 spiro atoms. The molecule has 2 rings (SSSR count). The van der Waals surface area contributed by atoms with Gasteiger partial charge in [-0.15, -0.1) is 0 Å². The van der Waals surface area contributed by atoms with E-state index in [1.54, 1.807) is 0 Å². The van der Waals surface area contributed by atoms with Crippen LogP contribution >= 0.6 is 0 Å². The molecule has 1 fully saturated rings. The Morgan fingerprint density at radius 2 is 2.00 bits per heavy atom. The van der Waals surface area contributed by atoms with Gasteiger partial charge in [0, 0.05) is 24.3 Å². The number of nitrogen functional groups attached to an aromatic ring is 1. The average molecular weight is 276 g/mol. The molecule has 2 N–H and O–H groups in total. The van der Waals surface area contributed by atoms with Crippen molar-refractivity contribution in [2.75, 3.05) is 25.9 Å². The predicted molar refractivity (Wildman–Crippen MR) is 85.0 cm³/mol. The number of likely N-dealkylation sites (N-methyl/N-ethyl adjacent to an activating group) is 1. The van der Waals surface area contributed by atoms with Gasteiger partial charge in [-0.2, -0.15) is 0 Å². The second-order valence-corrected chi connectivity index (χ2v) is 5.98. The molecule has 0 aromatic heterocycles. The van der Waals surface area contributed by atoms with E-state index in [1.165, 1.54) is 32.1 Å². The highest BCUT2D eigenvalue weighted by Gasteiger charge is 2.22. The van der Waals surface area contributed by atoms with E-state index in [0.717, 1.165) is 36.5 Å². The number of anilines is 1. The number of ether oxygens (including phenoxy) is 1. The number of nitrogens with two attached hydrogens (primary N) is 1. The fourth-order valence-corrected chi connectivity index (χ4v) is 3.09. The quantitative estimate of drug-likeness (QED) is 0.808. The van der Waals surface area contributed by atoms with Gasteiger partial charge in [-0.25, -0.2) is 0 Å². The third-order valence-electron chi connectivity index (χ3n) is 4.59. The second kappa shape index (κ2) is 7.53. The van der Waals surface area contributed by atoms with Crippen molar-refractivity contribution in [2.24, 2.45) is 5.92 Å². The summed E-state index contributed by atoms with van der Waals surface area (Å²) in [6, 6.07) is 8.39. The molecule has 20 heavy (non-hydrogen) atoms. The van der Waals surface area contributed by atoms with Gasteiger partial charge in [0.1, 0.15) is 12.4 Å². The maximum Gasteiger partial charge on any atom is 0.121 e. The Hall–Kier alpha value is -1.22. The van der Waals surface area contributed by atoms with Crippen LogP contribution in [0.1, 0.15) is 39.0 Å². The SMILES string of the molecule is CCC1CCC(N(C)CCOc2cccc(N)c2)CC1. The molecule has 0 atom stereocenters. The van der Waals surface area contributed by atoms with Crippen molar-refractivity contribution in [3.8, 4) is 5.75 Å². The Morgan fingerprint density at radius 3 is 2.65 bits per heavy atom. The zero-order chi connectivity index (χ0) is 14.4. The lowest BCUT2D eigenvalue weighted by molar-refractivity contribution is 0.141. The van der Waals surface area contributed by atoms with Gasteiger partial charge >= 0.3 is 0 Å². The molecule has 3 nitrogen and oxygen atoms in total. The largest absolute Gasteiger partial charge is 0.492 e. The Labute approximate surface area is 123 Å². The molecule has 1 saturated carbocycles. The van der Waals surface area contributed by atoms with Crippen molar-refractivity contribution >= 4 is 5.69 Å². The number of benzene rings is 1. The van der Waals surface area contributed by atoms with E-state index >= 15 is 0 Å². The molecule has 3 heteroatoms. The van der Waals surface area contributed by atoms with Crippen molar-refractivity contribution in [1.29, 1.82) is 0 Å². The minimum Gasteiger partial charge on any atom is -0.492 e. The molecule has 0 unspecified atom stereocenters. The molecule has 0 bridgehead atoms. The van der Waals surface area contributed by atoms with Crippen LogP contribution in [0.4, 0.5) is 5.69 Å². The molecular formula is C17H28N2O. The summed E-state index contributed by atoms with van der Waals surface area (Å²) in [5.74, 6) is 1.83. The lowest BCUT2D eigenvalue weighted by Crippen LogP contribution is -2.37. The van der Waals surface area contributed by atoms with E-state index in [1.807, 2.05) is 24.3 Å². The van der Waals surface area contributed by atoms with Crippen LogP contribution in [-0.2, 0) is 0 Å². The molecule has 1 aromatic rings. The van der Waals surface area contributed by atoms with Crippen molar-refractivity contribution in [1.82, 2.24) is 4.90 Å². The number of hydrogen-bond donors (Lipinski definition) is 1. The maximum atomic E-state index is 5.77. The molecule has 0 saturated heterocycles. The summed E-state index contributed by atoms with van der Waals surface area (Å²) in [6.07, 6.45) is 6.80. The van der Waals surface area contributed by atoms with Gasteiger partial charge in [-0.1, -0.05) is 19.4 Å². The zero-order valence-corrected chi connectivity index (χ0v) is 12.8. The number of rotatable bonds is 6. The summed E-state index contributed by atoms with van der Waals surface area (Å²) in [4.78, 5) is 2.46. The van der Waals surface area contributed by atoms with Gasteiger partial charge < -0.3 is 15.4 Å². The van der Waals surface area contributed by atoms with Crippen molar-refractivity contribution in [2.45, 2.75) is 45.1 Å². The summed E-state index contributed by atoms with van der Waals surface area (Å²) in [5, 5.41) is 0. The normalized spacial score (nSPS) is 22.9. The van der Waals surface area contributed by atoms with Crippen molar-refractivity contribution in [3.63, 3.8) is 0 Å². The third kappa shape index (κ3) is 4.41. The molecule has 1 aliphatic rings. The van der Waals surface area contributed by atoms with Gasteiger partial charge in [-0.05, 0) is 50.8 Å². The predicted octanol–water partition coefficient (Wildman–Crippen LogP) is 3.55. The van der Waals surface area contributed by atoms with Gasteiger partial charge in [0.05, 0.1) is 0 Å². The summed E-state index contributed by atoms with van der Waals surface area (Å²) < 4.78 is 5.77. The van der Waals surface area contributed by atoms with Crippen molar-refractivity contribution in [3.05, 3.63) is 24.3 Å². The minimum absolute atomic E-state index is 0.730. The van der Waals surface area contributed by atoms with Crippen LogP contribution in [-0.4, -0.2) is 31.1 Å². The molecule has 1 aliphatic carbocycles. The Balaban J connectivity index is 1.69. The molecule has 0 aliphatic heterocycles. The summed E-state index contributed by atoms with van der Waals surface area (Å²) in [5.41, 5.74) is 6.50. The molecule has 0 amide bonds. The third-order valence-corrected chi connectivity index (χ3v) is 4.59. The molecular weight excluding hydrogens is 248 g/mol. The van der Waals surface area contributed by atoms with E-state index in [9.17, 15) is 0 Å². The van der Waals surface area contributed by atoms with Gasteiger partial charge in [-0.3, -0.25) is 0 Å². The van der Waals surface area contributed by atoms with E-state index in [-0.39, 0.29) is 0 Å². The van der Waals surface area contributed by atoms with Crippen LogP contribution in [0, 0.1) is 5.92 Å². The fourth-order valence-electron chi connectivity index (χ4n) is 3.09. The first-order valence-electron chi connectivity index (χ1n) is 7.87. The lowest BCUT2D eigenvalue weighted by atomic mass is 9.84. The number of hydrogen-bond acceptors (Lipinski definition) is 3. The van der Waals surface area contributed by atoms with Gasteiger partial charge in [0.15, 0.2) is 0 Å². The summed E-state index contributed by atoms with van der Waals surface area (Å²) in [6.45, 7) is 4.03. The Kier molecular flexibility index (Phi) is 5.72. The fraction of sp³-hybridized carbons (Fsp3) is 0.647. The van der Waals surface area contributed by atoms with Crippen LogP contribution in [0.5, 0.6) is 5.75 Å². The number of nitrogens with zero attached hydrogens (tertiary/aromatic N) is 1. The highest BCUT2D eigenvalue weighted by molar-refractivity contribution is 5.43. The smallest absolute Gasteiger partial charge is 0.121 e. The van der Waals surface area contributed by atoms with E-state index in [4.69, 9.17) is 10.5 Å². The maximum absolute atomic E-state index is 5.77. The van der Waals surface area contributed by atoms with Crippen LogP contribution in [0.25, 0.3) is 0 Å². The lowest BCUT2D eigenvalue weighted by Gasteiger charge is -2.34. The van der Waals surface area contributed by atoms with Crippen LogP contribution in [0.15, 0.2) is 24.3 Å². The summed E-state index contributed by atoms with van der Waals surface area (Å²) in [7, 11) is 2.22. The topological polar surface area (TPSA) is 38.5 Å². The Morgan fingerprint density at radius 1 is 1.25 bits per heavy atom. The first kappa shape index (κ1) is 15.2. The zero-order valence-electron chi connectivity index (χ0n) is 12.8. The van der Waals surface area contributed by atoms with Crippen LogP contribution in [0.3, 0.4) is 0 Å². The van der Waals surface area contributed by atoms with Crippen LogP contribution in [0.2, 0.25) is 0 Å². The first-order chi connectivity index (χ1) is 9.69. The molecule has 112 valence electrons. The van der Waals surface area contributed by atoms with Gasteiger partial charge in [0.2, 0.25) is 0 Å². The average Bonchev–Trinajstić information content (AvgIpc) is 2.47. The summed E-state index contributed by atoms with van der Waals surface area (Å²) >= 11 is 0. The highest BCUT2D eigenvalue weighted by Crippen LogP contribution is 2.28. The van der Waals surface area contributed by atoms with Gasteiger partial charge in [0.25, 0.3) is 0 Å². The Bertz CT molecular complexity index is 400.